The molecule has 5 aromatic rings. The predicted molar refractivity (Wildman–Crippen MR) is 173 cm³/mol. The molecule has 2 aliphatic carbocycles. The van der Waals surface area contributed by atoms with Gasteiger partial charge in [0.1, 0.15) is 16.9 Å². The molecular weight excluding hydrogens is 566 g/mol. The first kappa shape index (κ1) is 27.8. The van der Waals surface area contributed by atoms with Crippen molar-refractivity contribution in [2.24, 2.45) is 30.4 Å². The van der Waals surface area contributed by atoms with Crippen molar-refractivity contribution in [3.05, 3.63) is 65.2 Å². The van der Waals surface area contributed by atoms with Crippen LogP contribution in [0.4, 0.5) is 0 Å². The van der Waals surface area contributed by atoms with Crippen LogP contribution in [-0.4, -0.2) is 61.6 Å². The van der Waals surface area contributed by atoms with Crippen molar-refractivity contribution in [1.29, 1.82) is 0 Å². The number of rotatable bonds is 7. The predicted octanol–water partition coefficient (Wildman–Crippen LogP) is 4.64. The number of aryl methyl sites for hydroxylation is 2. The van der Waals surface area contributed by atoms with Crippen molar-refractivity contribution in [3.8, 4) is 28.5 Å². The summed E-state index contributed by atoms with van der Waals surface area (Å²) in [6, 6.07) is 15.6. The molecule has 8 rings (SSSR count). The molecule has 3 fully saturated rings. The van der Waals surface area contributed by atoms with E-state index in [0.29, 0.717) is 40.8 Å². The molecule has 0 radical (unpaired) electrons. The monoisotopic (exact) mass is 603 g/mol. The first-order chi connectivity index (χ1) is 21.7. The third-order valence-corrected chi connectivity index (χ3v) is 10.2. The van der Waals surface area contributed by atoms with Crippen LogP contribution in [0.15, 0.2) is 48.5 Å². The van der Waals surface area contributed by atoms with Gasteiger partial charge in [0.15, 0.2) is 5.82 Å². The van der Waals surface area contributed by atoms with Gasteiger partial charge in [-0.05, 0) is 92.5 Å². The van der Waals surface area contributed by atoms with Crippen molar-refractivity contribution >= 4 is 33.9 Å². The fourth-order valence-electron chi connectivity index (χ4n) is 7.52. The van der Waals surface area contributed by atoms with E-state index in [1.165, 1.54) is 12.8 Å². The summed E-state index contributed by atoms with van der Waals surface area (Å²) in [6.45, 7) is 3.55. The lowest BCUT2D eigenvalue weighted by Gasteiger charge is -2.27. The SMILES string of the molecule is COc1cc(C(=O)N2CC3CCC2[C@@H]3N)cc2nc(-c3cc4ccc(-c5cc(C(N)=O)ccc5C)nc4n3CC3CC3)n(C)c12. The minimum absolute atomic E-state index is 0.0136. The summed E-state index contributed by atoms with van der Waals surface area (Å²) in [5.74, 6) is 1.88. The number of primary amides is 1. The highest BCUT2D eigenvalue weighted by Crippen LogP contribution is 2.40. The highest BCUT2D eigenvalue weighted by atomic mass is 16.5. The number of carbonyl (C=O) groups excluding carboxylic acids is 2. The fraction of sp³-hybridized carbons (Fsp3) is 0.371. The summed E-state index contributed by atoms with van der Waals surface area (Å²) in [5.41, 5.74) is 19.1. The third kappa shape index (κ3) is 4.41. The molecular formula is C35H37N7O3. The Morgan fingerprint density at radius 1 is 1.00 bits per heavy atom. The maximum absolute atomic E-state index is 13.7. The zero-order valence-electron chi connectivity index (χ0n) is 25.8. The van der Waals surface area contributed by atoms with Crippen molar-refractivity contribution in [2.45, 2.75) is 51.2 Å². The Balaban J connectivity index is 1.24. The van der Waals surface area contributed by atoms with E-state index in [0.717, 1.165) is 64.3 Å². The van der Waals surface area contributed by atoms with Crippen molar-refractivity contribution in [1.82, 2.24) is 24.0 Å². The second-order valence-corrected chi connectivity index (χ2v) is 13.1. The van der Waals surface area contributed by atoms with Gasteiger partial charge < -0.3 is 30.2 Å². The number of nitrogens with two attached hydrogens (primary N) is 2. The molecule has 3 atom stereocenters. The normalized spacial score (nSPS) is 20.9. The number of piperidine rings is 1. The summed E-state index contributed by atoms with van der Waals surface area (Å²) in [7, 11) is 3.62. The summed E-state index contributed by atoms with van der Waals surface area (Å²) in [6.07, 6.45) is 4.42. The Morgan fingerprint density at radius 3 is 2.51 bits per heavy atom. The van der Waals surface area contributed by atoms with Gasteiger partial charge >= 0.3 is 0 Å². The van der Waals surface area contributed by atoms with Crippen LogP contribution in [0.5, 0.6) is 5.75 Å². The largest absolute Gasteiger partial charge is 0.494 e. The molecule has 1 saturated heterocycles. The average molecular weight is 604 g/mol. The lowest BCUT2D eigenvalue weighted by molar-refractivity contribution is 0.0700. The Bertz CT molecular complexity index is 2040. The van der Waals surface area contributed by atoms with E-state index in [9.17, 15) is 9.59 Å². The van der Waals surface area contributed by atoms with Gasteiger partial charge in [0, 0.05) is 54.3 Å². The van der Waals surface area contributed by atoms with Crippen LogP contribution in [0.2, 0.25) is 0 Å². The lowest BCUT2D eigenvalue weighted by Crippen LogP contribution is -2.41. The van der Waals surface area contributed by atoms with Crippen molar-refractivity contribution in [3.63, 3.8) is 0 Å². The van der Waals surface area contributed by atoms with Crippen LogP contribution in [0.3, 0.4) is 0 Å². The number of likely N-dealkylation sites (tertiary alicyclic amines) is 1. The van der Waals surface area contributed by atoms with Gasteiger partial charge in [-0.1, -0.05) is 6.07 Å². The highest BCUT2D eigenvalue weighted by molar-refractivity contribution is 6.00. The smallest absolute Gasteiger partial charge is 0.254 e. The van der Waals surface area contributed by atoms with E-state index in [1.54, 1.807) is 13.2 Å². The van der Waals surface area contributed by atoms with E-state index in [-0.39, 0.29) is 18.0 Å². The minimum Gasteiger partial charge on any atom is -0.494 e. The highest BCUT2D eigenvalue weighted by Gasteiger charge is 2.47. The van der Waals surface area contributed by atoms with E-state index in [4.69, 9.17) is 26.2 Å². The van der Waals surface area contributed by atoms with Gasteiger partial charge in [-0.2, -0.15) is 0 Å². The van der Waals surface area contributed by atoms with E-state index >= 15 is 0 Å². The number of benzene rings is 2. The number of pyridine rings is 1. The molecule has 2 amide bonds. The molecule has 1 aliphatic heterocycles. The molecule has 2 unspecified atom stereocenters. The maximum atomic E-state index is 13.7. The summed E-state index contributed by atoms with van der Waals surface area (Å²) >= 11 is 0. The molecule has 4 heterocycles. The molecule has 3 aliphatic rings. The Hall–Kier alpha value is -4.70. The van der Waals surface area contributed by atoms with Crippen LogP contribution in [0, 0.1) is 18.8 Å². The number of amides is 2. The minimum atomic E-state index is -0.463. The molecule has 45 heavy (non-hydrogen) atoms. The van der Waals surface area contributed by atoms with Gasteiger partial charge in [-0.25, -0.2) is 9.97 Å². The van der Waals surface area contributed by atoms with Crippen molar-refractivity contribution < 1.29 is 14.3 Å². The van der Waals surface area contributed by atoms with Crippen LogP contribution >= 0.6 is 0 Å². The molecule has 4 N–H and O–H groups in total. The van der Waals surface area contributed by atoms with Crippen molar-refractivity contribution in [2.75, 3.05) is 13.7 Å². The number of fused-ring (bicyclic) bond motifs is 4. The number of nitrogens with zero attached hydrogens (tertiary/aromatic N) is 5. The van der Waals surface area contributed by atoms with Gasteiger partial charge in [0.2, 0.25) is 5.91 Å². The topological polar surface area (TPSA) is 134 Å². The van der Waals surface area contributed by atoms with Crippen LogP contribution in [0.1, 0.15) is 52.0 Å². The maximum Gasteiger partial charge on any atom is 0.254 e. The molecule has 2 saturated carbocycles. The number of hydrogen-bond acceptors (Lipinski definition) is 6. The summed E-state index contributed by atoms with van der Waals surface area (Å²) in [5, 5.41) is 1.01. The number of aromatic nitrogens is 4. The van der Waals surface area contributed by atoms with Crippen LogP contribution in [-0.2, 0) is 13.6 Å². The molecule has 2 bridgehead atoms. The first-order valence-corrected chi connectivity index (χ1v) is 15.7. The molecule has 0 spiro atoms. The Labute approximate surface area is 261 Å². The van der Waals surface area contributed by atoms with Gasteiger partial charge in [-0.3, -0.25) is 9.59 Å². The standard InChI is InChI=1S/C35H37N7O3/c1-18-4-7-20(32(37)43)12-24(18)25-10-8-21-14-28(41(33(21)38-25)16-19-5-6-19)34-39-26-13-23(15-29(45-3)31(26)40(34)2)35(44)42-17-22-9-11-27(42)30(22)36/h4,7-8,10,12-15,19,22,27,30H,5-6,9,11,16-17,36H2,1-3H3,(H2,37,43)/t22?,27?,30-/m1/s1. The third-order valence-electron chi connectivity index (χ3n) is 10.2. The average Bonchev–Trinajstić information content (AvgIpc) is 3.44. The molecule has 3 aromatic heterocycles. The Kier molecular flexibility index (Phi) is 6.29. The fourth-order valence-corrected chi connectivity index (χ4v) is 7.52. The van der Waals surface area contributed by atoms with Gasteiger partial charge in [0.25, 0.3) is 5.91 Å². The molecule has 230 valence electrons. The van der Waals surface area contributed by atoms with Crippen LogP contribution in [0.25, 0.3) is 44.8 Å². The number of methoxy groups -OCH3 is 1. The zero-order valence-corrected chi connectivity index (χ0v) is 25.8. The van der Waals surface area contributed by atoms with E-state index < -0.39 is 5.91 Å². The Morgan fingerprint density at radius 2 is 1.82 bits per heavy atom. The molecule has 10 heteroatoms. The van der Waals surface area contributed by atoms with E-state index in [1.807, 2.05) is 49.2 Å². The number of carbonyl (C=O) groups is 2. The van der Waals surface area contributed by atoms with E-state index in [2.05, 4.69) is 21.3 Å². The number of ether oxygens (including phenoxy) is 1. The second kappa shape index (κ2) is 10.2. The van der Waals surface area contributed by atoms with Crippen LogP contribution < -0.4 is 16.2 Å². The van der Waals surface area contributed by atoms with Gasteiger partial charge in [-0.15, -0.1) is 0 Å². The molecule has 10 nitrogen and oxygen atoms in total. The number of hydrogen-bond donors (Lipinski definition) is 2. The number of imidazole rings is 1. The quantitative estimate of drug-likeness (QED) is 0.278. The molecule has 2 aromatic carbocycles. The zero-order chi connectivity index (χ0) is 31.1. The lowest BCUT2D eigenvalue weighted by atomic mass is 10.0. The first-order valence-electron chi connectivity index (χ1n) is 15.7. The second-order valence-electron chi connectivity index (χ2n) is 13.1. The summed E-state index contributed by atoms with van der Waals surface area (Å²) < 4.78 is 10.2. The summed E-state index contributed by atoms with van der Waals surface area (Å²) in [4.78, 5) is 37.9. The van der Waals surface area contributed by atoms with Gasteiger partial charge in [0.05, 0.1) is 24.0 Å².